The summed E-state index contributed by atoms with van der Waals surface area (Å²) in [7, 11) is 0. The minimum absolute atomic E-state index is 0.977. The Kier molecular flexibility index (Phi) is 8.70. The van der Waals surface area contributed by atoms with Crippen LogP contribution in [0.1, 0.15) is 65.2 Å². The van der Waals surface area contributed by atoms with Crippen molar-refractivity contribution in [2.75, 3.05) is 39.4 Å². The smallest absolute Gasteiger partial charge is 0.102 e. The maximum absolute atomic E-state index is 5.49. The van der Waals surface area contributed by atoms with Crippen LogP contribution in [0.2, 0.25) is 0 Å². The van der Waals surface area contributed by atoms with Gasteiger partial charge in [0.2, 0.25) is 0 Å². The van der Waals surface area contributed by atoms with Gasteiger partial charge in [-0.15, -0.1) is 0 Å². The highest BCUT2D eigenvalue weighted by atomic mass is 16.5. The highest BCUT2D eigenvalue weighted by Crippen LogP contribution is 2.15. The average Bonchev–Trinajstić information content (AvgIpc) is 2.43. The molecule has 0 saturated carbocycles. The number of hydrogen-bond donors (Lipinski definition) is 0. The Bertz CT molecular complexity index is 188. The lowest BCUT2D eigenvalue weighted by Crippen LogP contribution is -2.55. The van der Waals surface area contributed by atoms with E-state index in [0.29, 0.717) is 0 Å². The zero-order valence-corrected chi connectivity index (χ0v) is 12.8. The van der Waals surface area contributed by atoms with Gasteiger partial charge in [-0.05, 0) is 19.8 Å². The van der Waals surface area contributed by atoms with Crippen LogP contribution in [0.4, 0.5) is 0 Å². The van der Waals surface area contributed by atoms with E-state index in [9.17, 15) is 0 Å². The van der Waals surface area contributed by atoms with Gasteiger partial charge in [0, 0.05) is 0 Å². The fraction of sp³-hybridized carbons (Fsp3) is 1.00. The molecule has 1 aliphatic rings. The maximum atomic E-state index is 5.49. The Morgan fingerprint density at radius 1 is 0.778 bits per heavy atom. The number of likely N-dealkylation sites (N-methyl/N-ethyl adjacent to an activating group) is 1. The second-order valence-electron chi connectivity index (χ2n) is 5.92. The van der Waals surface area contributed by atoms with Crippen molar-refractivity contribution >= 4 is 0 Å². The van der Waals surface area contributed by atoms with Crippen molar-refractivity contribution in [3.8, 4) is 0 Å². The summed E-state index contributed by atoms with van der Waals surface area (Å²) in [5.41, 5.74) is 0. The van der Waals surface area contributed by atoms with E-state index < -0.39 is 0 Å². The zero-order chi connectivity index (χ0) is 13.1. The second-order valence-corrected chi connectivity index (χ2v) is 5.92. The van der Waals surface area contributed by atoms with Crippen molar-refractivity contribution in [1.29, 1.82) is 0 Å². The van der Waals surface area contributed by atoms with Crippen molar-refractivity contribution < 1.29 is 9.22 Å². The molecule has 0 atom stereocenters. The van der Waals surface area contributed by atoms with Gasteiger partial charge in [-0.2, -0.15) is 0 Å². The number of quaternary nitrogens is 1. The van der Waals surface area contributed by atoms with Crippen LogP contribution in [-0.4, -0.2) is 43.9 Å². The minimum Gasteiger partial charge on any atom is -0.370 e. The summed E-state index contributed by atoms with van der Waals surface area (Å²) in [4.78, 5) is 0. The summed E-state index contributed by atoms with van der Waals surface area (Å²) < 4.78 is 6.81. The normalized spacial score (nSPS) is 19.0. The molecule has 0 N–H and O–H groups in total. The van der Waals surface area contributed by atoms with Crippen LogP contribution in [0.25, 0.3) is 0 Å². The Balaban J connectivity index is 1.98. The first-order valence-corrected chi connectivity index (χ1v) is 8.26. The standard InChI is InChI=1S/C16H34NO/c1-3-5-6-7-8-9-10-11-12-17(4-2)13-15-18-16-14-17/h3-16H2,1-2H3/q+1. The number of unbranched alkanes of at least 4 members (excludes halogenated alkanes) is 7. The Morgan fingerprint density at radius 2 is 1.33 bits per heavy atom. The van der Waals surface area contributed by atoms with Gasteiger partial charge >= 0.3 is 0 Å². The van der Waals surface area contributed by atoms with Gasteiger partial charge in [-0.25, -0.2) is 0 Å². The third-order valence-electron chi connectivity index (χ3n) is 4.58. The van der Waals surface area contributed by atoms with E-state index in [1.807, 2.05) is 0 Å². The largest absolute Gasteiger partial charge is 0.370 e. The molecule has 108 valence electrons. The number of morpholine rings is 1. The van der Waals surface area contributed by atoms with Gasteiger partial charge in [0.1, 0.15) is 13.1 Å². The van der Waals surface area contributed by atoms with E-state index in [1.165, 1.54) is 82.0 Å². The third kappa shape index (κ3) is 6.19. The van der Waals surface area contributed by atoms with Crippen molar-refractivity contribution in [3.63, 3.8) is 0 Å². The van der Waals surface area contributed by atoms with Crippen molar-refractivity contribution in [2.45, 2.75) is 65.2 Å². The van der Waals surface area contributed by atoms with Crippen LogP contribution in [0, 0.1) is 0 Å². The fourth-order valence-corrected chi connectivity index (χ4v) is 3.01. The quantitative estimate of drug-likeness (QED) is 0.424. The van der Waals surface area contributed by atoms with E-state index in [1.54, 1.807) is 0 Å². The van der Waals surface area contributed by atoms with Gasteiger partial charge in [0.25, 0.3) is 0 Å². The first-order valence-electron chi connectivity index (χ1n) is 8.26. The van der Waals surface area contributed by atoms with Crippen LogP contribution in [-0.2, 0) is 4.74 Å². The number of nitrogens with zero attached hydrogens (tertiary/aromatic N) is 1. The molecule has 1 saturated heterocycles. The highest BCUT2D eigenvalue weighted by Gasteiger charge is 2.27. The molecule has 0 bridgehead atoms. The maximum Gasteiger partial charge on any atom is 0.102 e. The molecule has 0 spiro atoms. The lowest BCUT2D eigenvalue weighted by Gasteiger charge is -2.40. The highest BCUT2D eigenvalue weighted by molar-refractivity contribution is 4.51. The number of hydrogen-bond acceptors (Lipinski definition) is 1. The fourth-order valence-electron chi connectivity index (χ4n) is 3.01. The summed E-state index contributed by atoms with van der Waals surface area (Å²) in [5.74, 6) is 0. The monoisotopic (exact) mass is 256 g/mol. The lowest BCUT2D eigenvalue weighted by molar-refractivity contribution is -0.933. The Morgan fingerprint density at radius 3 is 1.89 bits per heavy atom. The van der Waals surface area contributed by atoms with Crippen LogP contribution in [0.3, 0.4) is 0 Å². The lowest BCUT2D eigenvalue weighted by atomic mass is 10.1. The summed E-state index contributed by atoms with van der Waals surface area (Å²) >= 11 is 0. The predicted molar refractivity (Wildman–Crippen MR) is 78.8 cm³/mol. The van der Waals surface area contributed by atoms with Crippen LogP contribution in [0.5, 0.6) is 0 Å². The number of ether oxygens (including phenoxy) is 1. The van der Waals surface area contributed by atoms with Gasteiger partial charge in [0.15, 0.2) is 0 Å². The SMILES string of the molecule is CCCCCCCCCC[N+]1(CC)CCOCC1. The molecule has 0 amide bonds. The van der Waals surface area contributed by atoms with Gasteiger partial charge < -0.3 is 9.22 Å². The molecule has 1 aliphatic heterocycles. The van der Waals surface area contributed by atoms with Crippen molar-refractivity contribution in [2.24, 2.45) is 0 Å². The molecule has 2 heteroatoms. The summed E-state index contributed by atoms with van der Waals surface area (Å²) in [6.45, 7) is 11.7. The van der Waals surface area contributed by atoms with Crippen LogP contribution < -0.4 is 0 Å². The van der Waals surface area contributed by atoms with Crippen molar-refractivity contribution in [3.05, 3.63) is 0 Å². The predicted octanol–water partition coefficient (Wildman–Crippen LogP) is 3.99. The van der Waals surface area contributed by atoms with E-state index in [2.05, 4.69) is 13.8 Å². The topological polar surface area (TPSA) is 9.23 Å². The molecule has 0 unspecified atom stereocenters. The molecule has 18 heavy (non-hydrogen) atoms. The summed E-state index contributed by atoms with van der Waals surface area (Å²) in [6, 6.07) is 0. The van der Waals surface area contributed by atoms with Crippen LogP contribution in [0.15, 0.2) is 0 Å². The van der Waals surface area contributed by atoms with Crippen LogP contribution >= 0.6 is 0 Å². The molecular weight excluding hydrogens is 222 g/mol. The second kappa shape index (κ2) is 9.80. The number of rotatable bonds is 10. The van der Waals surface area contributed by atoms with Crippen molar-refractivity contribution in [1.82, 2.24) is 0 Å². The molecular formula is C16H34NO+. The molecule has 0 radical (unpaired) electrons. The Hall–Kier alpha value is -0.0800. The molecule has 0 aromatic heterocycles. The molecule has 2 nitrogen and oxygen atoms in total. The summed E-state index contributed by atoms with van der Waals surface area (Å²) in [5, 5.41) is 0. The summed E-state index contributed by atoms with van der Waals surface area (Å²) in [6.07, 6.45) is 11.4. The van der Waals surface area contributed by atoms with E-state index in [4.69, 9.17) is 4.74 Å². The van der Waals surface area contributed by atoms with E-state index in [-0.39, 0.29) is 0 Å². The van der Waals surface area contributed by atoms with E-state index in [0.717, 1.165) is 13.2 Å². The average molecular weight is 256 g/mol. The third-order valence-corrected chi connectivity index (χ3v) is 4.58. The first kappa shape index (κ1) is 16.0. The zero-order valence-electron chi connectivity index (χ0n) is 12.8. The molecule has 1 heterocycles. The molecule has 0 aliphatic carbocycles. The van der Waals surface area contributed by atoms with Gasteiger partial charge in [-0.3, -0.25) is 0 Å². The van der Waals surface area contributed by atoms with Gasteiger partial charge in [-0.1, -0.05) is 45.4 Å². The molecule has 1 rings (SSSR count). The molecule has 1 fully saturated rings. The molecule has 0 aromatic carbocycles. The Labute approximate surface area is 114 Å². The molecule has 0 aromatic rings. The van der Waals surface area contributed by atoms with E-state index >= 15 is 0 Å². The first-order chi connectivity index (χ1) is 8.83. The van der Waals surface area contributed by atoms with Gasteiger partial charge in [0.05, 0.1) is 26.3 Å². The minimum atomic E-state index is 0.977.